The Morgan fingerprint density at radius 3 is 2.74 bits per heavy atom. The Bertz CT molecular complexity index is 767. The van der Waals surface area contributed by atoms with Crippen LogP contribution in [-0.2, 0) is 4.79 Å². The van der Waals surface area contributed by atoms with Gasteiger partial charge in [0, 0.05) is 11.6 Å². The summed E-state index contributed by atoms with van der Waals surface area (Å²) in [5.41, 5.74) is 1.75. The third-order valence-electron chi connectivity index (χ3n) is 4.37. The predicted octanol–water partition coefficient (Wildman–Crippen LogP) is 4.38. The Morgan fingerprint density at radius 2 is 2.04 bits per heavy atom. The van der Waals surface area contributed by atoms with E-state index in [2.05, 4.69) is 5.32 Å². The number of hydrogen-bond acceptors (Lipinski definition) is 4. The molecule has 0 aromatic heterocycles. The first-order valence-corrected chi connectivity index (χ1v) is 9.32. The van der Waals surface area contributed by atoms with Crippen LogP contribution in [0.3, 0.4) is 0 Å². The Hall–Kier alpha value is -2.24. The van der Waals surface area contributed by atoms with Crippen molar-refractivity contribution in [3.63, 3.8) is 0 Å². The van der Waals surface area contributed by atoms with Crippen molar-refractivity contribution >= 4 is 23.2 Å². The summed E-state index contributed by atoms with van der Waals surface area (Å²) >= 11 is 5.94. The molecule has 0 radical (unpaired) electrons. The third kappa shape index (κ3) is 6.45. The number of rotatable bonds is 9. The number of anilines is 1. The fourth-order valence-corrected chi connectivity index (χ4v) is 2.79. The first-order valence-electron chi connectivity index (χ1n) is 8.95. The second kappa shape index (κ2) is 10.2. The molecule has 0 aliphatic rings. The number of ether oxygens (including phenoxy) is 2. The zero-order valence-corrected chi connectivity index (χ0v) is 17.0. The van der Waals surface area contributed by atoms with E-state index in [1.54, 1.807) is 13.2 Å². The van der Waals surface area contributed by atoms with Crippen LogP contribution in [0.4, 0.5) is 5.69 Å². The number of carbonyl (C=O) groups excluding carboxylic acids is 1. The average molecular weight is 391 g/mol. The number of benzene rings is 2. The van der Waals surface area contributed by atoms with Crippen molar-refractivity contribution in [3.05, 3.63) is 53.1 Å². The van der Waals surface area contributed by atoms with Gasteiger partial charge in [-0.05, 0) is 63.2 Å². The van der Waals surface area contributed by atoms with Gasteiger partial charge >= 0.3 is 0 Å². The van der Waals surface area contributed by atoms with Gasteiger partial charge in [0.05, 0.1) is 25.4 Å². The lowest BCUT2D eigenvalue weighted by Gasteiger charge is -2.24. The molecule has 0 fully saturated rings. The quantitative estimate of drug-likeness (QED) is 0.645. The standard InChI is InChI=1S/C21H27ClN2O3/c1-15-9-10-20(26-4)19(13-15)23-21(25)16(2)24(3)11-6-12-27-18-8-5-7-17(22)14-18/h5,7-10,13-14,16H,6,11-12H2,1-4H3,(H,23,25). The summed E-state index contributed by atoms with van der Waals surface area (Å²) in [5.74, 6) is 1.33. The Kier molecular flexibility index (Phi) is 7.95. The van der Waals surface area contributed by atoms with E-state index < -0.39 is 0 Å². The minimum absolute atomic E-state index is 0.0721. The molecule has 2 rings (SSSR count). The number of halogens is 1. The Morgan fingerprint density at radius 1 is 1.26 bits per heavy atom. The Labute approximate surface area is 166 Å². The van der Waals surface area contributed by atoms with Gasteiger partial charge in [-0.25, -0.2) is 0 Å². The molecule has 0 heterocycles. The first kappa shape index (κ1) is 21.1. The number of nitrogens with one attached hydrogen (secondary N) is 1. The number of hydrogen-bond donors (Lipinski definition) is 1. The average Bonchev–Trinajstić information content (AvgIpc) is 2.64. The maximum absolute atomic E-state index is 12.6. The molecule has 6 heteroatoms. The van der Waals surface area contributed by atoms with E-state index in [1.165, 1.54) is 0 Å². The second-order valence-corrected chi connectivity index (χ2v) is 6.95. The molecule has 1 unspecified atom stereocenters. The van der Waals surface area contributed by atoms with Crippen LogP contribution < -0.4 is 14.8 Å². The first-order chi connectivity index (χ1) is 12.9. The monoisotopic (exact) mass is 390 g/mol. The maximum atomic E-state index is 12.6. The van der Waals surface area contributed by atoms with Gasteiger partial charge in [-0.15, -0.1) is 0 Å². The molecule has 0 aliphatic carbocycles. The molecule has 2 aromatic rings. The molecule has 0 bridgehead atoms. The van der Waals surface area contributed by atoms with Gasteiger partial charge in [-0.2, -0.15) is 0 Å². The van der Waals surface area contributed by atoms with Crippen LogP contribution in [-0.4, -0.2) is 44.2 Å². The van der Waals surface area contributed by atoms with Gasteiger partial charge < -0.3 is 14.8 Å². The molecule has 2 aromatic carbocycles. The zero-order chi connectivity index (χ0) is 19.8. The van der Waals surface area contributed by atoms with Crippen molar-refractivity contribution in [2.45, 2.75) is 26.3 Å². The van der Waals surface area contributed by atoms with Gasteiger partial charge in [-0.3, -0.25) is 9.69 Å². The SMILES string of the molecule is COc1ccc(C)cc1NC(=O)C(C)N(C)CCCOc1cccc(Cl)c1. The lowest BCUT2D eigenvalue weighted by molar-refractivity contribution is -0.120. The van der Waals surface area contributed by atoms with Gasteiger partial charge in [0.2, 0.25) is 5.91 Å². The van der Waals surface area contributed by atoms with Crippen molar-refractivity contribution in [1.29, 1.82) is 0 Å². The van der Waals surface area contributed by atoms with Crippen molar-refractivity contribution in [2.24, 2.45) is 0 Å². The van der Waals surface area contributed by atoms with E-state index in [9.17, 15) is 4.79 Å². The molecular weight excluding hydrogens is 364 g/mol. The van der Waals surface area contributed by atoms with Crippen LogP contribution in [0.2, 0.25) is 5.02 Å². The van der Waals surface area contributed by atoms with Gasteiger partial charge in [0.1, 0.15) is 11.5 Å². The van der Waals surface area contributed by atoms with Crippen LogP contribution in [0.5, 0.6) is 11.5 Å². The number of aryl methyl sites for hydroxylation is 1. The second-order valence-electron chi connectivity index (χ2n) is 6.51. The van der Waals surface area contributed by atoms with Crippen LogP contribution in [0.25, 0.3) is 0 Å². The summed E-state index contributed by atoms with van der Waals surface area (Å²) in [6.45, 7) is 5.16. The van der Waals surface area contributed by atoms with E-state index in [0.717, 1.165) is 24.3 Å². The lowest BCUT2D eigenvalue weighted by atomic mass is 10.2. The minimum atomic E-state index is -0.276. The summed E-state index contributed by atoms with van der Waals surface area (Å²) in [7, 11) is 3.52. The molecule has 0 saturated carbocycles. The molecule has 0 spiro atoms. The normalized spacial score (nSPS) is 11.9. The molecule has 27 heavy (non-hydrogen) atoms. The van der Waals surface area contributed by atoms with Crippen LogP contribution in [0, 0.1) is 6.92 Å². The maximum Gasteiger partial charge on any atom is 0.241 e. The molecule has 0 saturated heterocycles. The third-order valence-corrected chi connectivity index (χ3v) is 4.61. The summed E-state index contributed by atoms with van der Waals surface area (Å²) in [6, 6.07) is 12.8. The van der Waals surface area contributed by atoms with Gasteiger partial charge in [0.25, 0.3) is 0 Å². The van der Waals surface area contributed by atoms with Crippen molar-refractivity contribution in [1.82, 2.24) is 4.90 Å². The highest BCUT2D eigenvalue weighted by Gasteiger charge is 2.19. The highest BCUT2D eigenvalue weighted by molar-refractivity contribution is 6.30. The molecule has 1 amide bonds. The number of methoxy groups -OCH3 is 1. The van der Waals surface area contributed by atoms with Crippen LogP contribution in [0.15, 0.2) is 42.5 Å². The zero-order valence-electron chi connectivity index (χ0n) is 16.3. The van der Waals surface area contributed by atoms with E-state index in [4.69, 9.17) is 21.1 Å². The minimum Gasteiger partial charge on any atom is -0.495 e. The highest BCUT2D eigenvalue weighted by atomic mass is 35.5. The van der Waals surface area contributed by atoms with Crippen LogP contribution >= 0.6 is 11.6 Å². The van der Waals surface area contributed by atoms with Crippen LogP contribution in [0.1, 0.15) is 18.9 Å². The number of carbonyl (C=O) groups is 1. The van der Waals surface area contributed by atoms with E-state index in [0.29, 0.717) is 23.1 Å². The van der Waals surface area contributed by atoms with E-state index >= 15 is 0 Å². The molecule has 1 N–H and O–H groups in total. The number of nitrogens with zero attached hydrogens (tertiary/aromatic N) is 1. The highest BCUT2D eigenvalue weighted by Crippen LogP contribution is 2.25. The van der Waals surface area contributed by atoms with Gasteiger partial charge in [-0.1, -0.05) is 23.7 Å². The van der Waals surface area contributed by atoms with Crippen molar-refractivity contribution in [3.8, 4) is 11.5 Å². The van der Waals surface area contributed by atoms with E-state index in [1.807, 2.05) is 62.2 Å². The smallest absolute Gasteiger partial charge is 0.241 e. The van der Waals surface area contributed by atoms with Crippen molar-refractivity contribution in [2.75, 3.05) is 32.6 Å². The molecular formula is C21H27ClN2O3. The fraction of sp³-hybridized carbons (Fsp3) is 0.381. The molecule has 1 atom stereocenters. The van der Waals surface area contributed by atoms with E-state index in [-0.39, 0.29) is 11.9 Å². The van der Waals surface area contributed by atoms with Crippen molar-refractivity contribution < 1.29 is 14.3 Å². The summed E-state index contributed by atoms with van der Waals surface area (Å²) in [6.07, 6.45) is 0.800. The lowest BCUT2D eigenvalue weighted by Crippen LogP contribution is -2.40. The predicted molar refractivity (Wildman–Crippen MR) is 110 cm³/mol. The number of likely N-dealkylation sites (N-methyl/N-ethyl adjacent to an activating group) is 1. The molecule has 0 aliphatic heterocycles. The molecule has 146 valence electrons. The summed E-state index contributed by atoms with van der Waals surface area (Å²) in [4.78, 5) is 14.6. The topological polar surface area (TPSA) is 50.8 Å². The molecule has 5 nitrogen and oxygen atoms in total. The summed E-state index contributed by atoms with van der Waals surface area (Å²) < 4.78 is 11.0. The Balaban J connectivity index is 1.81. The summed E-state index contributed by atoms with van der Waals surface area (Å²) in [5, 5.41) is 3.61. The number of amides is 1. The fourth-order valence-electron chi connectivity index (χ4n) is 2.61. The largest absolute Gasteiger partial charge is 0.495 e. The van der Waals surface area contributed by atoms with Gasteiger partial charge in [0.15, 0.2) is 0 Å².